The number of fused-ring (bicyclic) bond motifs is 1. The predicted octanol–water partition coefficient (Wildman–Crippen LogP) is 6.11. The highest BCUT2D eigenvalue weighted by atomic mass is 79.9. The Hall–Kier alpha value is -3.60. The predicted molar refractivity (Wildman–Crippen MR) is 157 cm³/mol. The highest BCUT2D eigenvalue weighted by molar-refractivity contribution is 9.10. The van der Waals surface area contributed by atoms with Crippen LogP contribution in [0.15, 0.2) is 70.0 Å². The van der Waals surface area contributed by atoms with Gasteiger partial charge in [-0.15, -0.1) is 0 Å². The molecule has 0 radical (unpaired) electrons. The Balaban J connectivity index is 1.90. The molecule has 204 valence electrons. The van der Waals surface area contributed by atoms with Crippen molar-refractivity contribution < 1.29 is 27.4 Å². The summed E-state index contributed by atoms with van der Waals surface area (Å²) in [6.07, 6.45) is 0. The minimum atomic E-state index is -3.59. The van der Waals surface area contributed by atoms with Crippen molar-refractivity contribution in [3.8, 4) is 28.4 Å². The molecule has 0 saturated carbocycles. The van der Waals surface area contributed by atoms with Gasteiger partial charge in [0, 0.05) is 35.2 Å². The van der Waals surface area contributed by atoms with E-state index in [9.17, 15) is 13.2 Å². The molecule has 4 aromatic carbocycles. The smallest absolute Gasteiger partial charge is 0.260 e. The van der Waals surface area contributed by atoms with E-state index in [1.807, 2.05) is 31.2 Å². The van der Waals surface area contributed by atoms with Gasteiger partial charge in [0.05, 0.1) is 31.8 Å². The number of hydrogen-bond donors (Lipinski definition) is 1. The zero-order chi connectivity index (χ0) is 28.5. The molecule has 4 rings (SSSR count). The van der Waals surface area contributed by atoms with Gasteiger partial charge in [-0.1, -0.05) is 30.3 Å². The van der Waals surface area contributed by atoms with Crippen LogP contribution < -0.4 is 19.5 Å². The fourth-order valence-electron chi connectivity index (χ4n) is 4.46. The van der Waals surface area contributed by atoms with Crippen molar-refractivity contribution in [1.29, 1.82) is 0 Å². The van der Waals surface area contributed by atoms with E-state index in [1.165, 1.54) is 32.6 Å². The number of amides is 1. The minimum absolute atomic E-state index is 0.174. The Morgan fingerprint density at radius 2 is 1.54 bits per heavy atom. The van der Waals surface area contributed by atoms with Gasteiger partial charge < -0.3 is 19.5 Å². The average Bonchev–Trinajstić information content (AvgIpc) is 2.92. The van der Waals surface area contributed by atoms with Crippen LogP contribution in [0, 0.1) is 6.92 Å². The fourth-order valence-corrected chi connectivity index (χ4v) is 5.85. The summed E-state index contributed by atoms with van der Waals surface area (Å²) in [5.41, 5.74) is 3.19. The second-order valence-corrected chi connectivity index (χ2v) is 11.9. The quantitative estimate of drug-likeness (QED) is 0.258. The fraction of sp³-hybridized carbons (Fsp3) is 0.207. The normalized spacial score (nSPS) is 11.5. The second kappa shape index (κ2) is 11.3. The second-order valence-electron chi connectivity index (χ2n) is 8.93. The highest BCUT2D eigenvalue weighted by Crippen LogP contribution is 2.46. The number of nitrogens with zero attached hydrogens (tertiary/aromatic N) is 1. The molecular formula is C29H29BrN2O6S. The molecule has 10 heteroatoms. The SMILES string of the molecule is COc1cc2c(NC(=O)c3c(Br)ccc(C)c3OC)cccc2c(-c2ccc(S(=O)(=O)N(C)C)cc2)c1OC. The molecule has 1 amide bonds. The number of carbonyl (C=O) groups excluding carboxylic acids is 1. The maximum absolute atomic E-state index is 13.5. The molecule has 0 spiro atoms. The number of benzene rings is 4. The molecule has 0 unspecified atom stereocenters. The number of nitrogens with one attached hydrogen (secondary N) is 1. The number of halogens is 1. The average molecular weight is 614 g/mol. The van der Waals surface area contributed by atoms with E-state index in [4.69, 9.17) is 14.2 Å². The number of rotatable bonds is 8. The summed E-state index contributed by atoms with van der Waals surface area (Å²) in [6.45, 7) is 1.87. The lowest BCUT2D eigenvalue weighted by molar-refractivity contribution is 0.102. The Bertz CT molecular complexity index is 1670. The number of sulfonamides is 1. The first-order valence-corrected chi connectivity index (χ1v) is 14.1. The highest BCUT2D eigenvalue weighted by Gasteiger charge is 2.23. The van der Waals surface area contributed by atoms with Gasteiger partial charge in [0.15, 0.2) is 11.5 Å². The number of aryl methyl sites for hydroxylation is 1. The van der Waals surface area contributed by atoms with E-state index in [2.05, 4.69) is 21.2 Å². The molecule has 0 aliphatic heterocycles. The molecule has 4 aromatic rings. The molecule has 0 aliphatic rings. The van der Waals surface area contributed by atoms with Crippen molar-refractivity contribution in [2.24, 2.45) is 0 Å². The summed E-state index contributed by atoms with van der Waals surface area (Å²) < 4.78 is 43.9. The third-order valence-electron chi connectivity index (χ3n) is 6.43. The van der Waals surface area contributed by atoms with E-state index < -0.39 is 10.0 Å². The Morgan fingerprint density at radius 3 is 2.13 bits per heavy atom. The maximum Gasteiger partial charge on any atom is 0.260 e. The van der Waals surface area contributed by atoms with Gasteiger partial charge in [-0.2, -0.15) is 0 Å². The third kappa shape index (κ3) is 5.19. The number of ether oxygens (including phenoxy) is 3. The summed E-state index contributed by atoms with van der Waals surface area (Å²) in [7, 11) is 4.00. The topological polar surface area (TPSA) is 94.2 Å². The maximum atomic E-state index is 13.5. The molecule has 8 nitrogen and oxygen atoms in total. The molecule has 0 fully saturated rings. The van der Waals surface area contributed by atoms with E-state index in [0.29, 0.717) is 43.9 Å². The van der Waals surface area contributed by atoms with Crippen LogP contribution in [-0.2, 0) is 10.0 Å². The lowest BCUT2D eigenvalue weighted by Gasteiger charge is -2.19. The lowest BCUT2D eigenvalue weighted by Crippen LogP contribution is -2.22. The van der Waals surface area contributed by atoms with Crippen molar-refractivity contribution in [1.82, 2.24) is 4.31 Å². The molecule has 1 N–H and O–H groups in total. The summed E-state index contributed by atoms with van der Waals surface area (Å²) in [6, 6.07) is 17.6. The molecule has 0 heterocycles. The minimum Gasteiger partial charge on any atom is -0.496 e. The molecule has 0 saturated heterocycles. The van der Waals surface area contributed by atoms with Gasteiger partial charge in [-0.3, -0.25) is 4.79 Å². The van der Waals surface area contributed by atoms with Crippen molar-refractivity contribution in [2.75, 3.05) is 40.7 Å². The van der Waals surface area contributed by atoms with Crippen molar-refractivity contribution >= 4 is 48.3 Å². The standard InChI is InChI=1S/C29H29BrN2O6S/c1-17-10-15-22(30)26(27(17)37-5)29(33)31-23-9-7-8-20-21(23)16-24(36-4)28(38-6)25(20)18-11-13-19(14-12-18)39(34,35)32(2)3/h7-16H,1-6H3,(H,31,33). The lowest BCUT2D eigenvalue weighted by atomic mass is 9.95. The van der Waals surface area contributed by atoms with Crippen molar-refractivity contribution in [3.63, 3.8) is 0 Å². The Labute approximate surface area is 236 Å². The van der Waals surface area contributed by atoms with Crippen LogP contribution in [0.2, 0.25) is 0 Å². The van der Waals surface area contributed by atoms with E-state index in [-0.39, 0.29) is 10.8 Å². The van der Waals surface area contributed by atoms with Gasteiger partial charge in [0.25, 0.3) is 5.91 Å². The Morgan fingerprint density at radius 1 is 0.872 bits per heavy atom. The summed E-state index contributed by atoms with van der Waals surface area (Å²) in [5, 5.41) is 4.52. The van der Waals surface area contributed by atoms with Crippen LogP contribution in [0.3, 0.4) is 0 Å². The molecule has 0 aliphatic carbocycles. The molecule has 0 aromatic heterocycles. The Kier molecular flexibility index (Phi) is 8.20. The summed E-state index contributed by atoms with van der Waals surface area (Å²) in [4.78, 5) is 13.7. The van der Waals surface area contributed by atoms with E-state index >= 15 is 0 Å². The van der Waals surface area contributed by atoms with E-state index in [0.717, 1.165) is 16.5 Å². The van der Waals surface area contributed by atoms with Crippen LogP contribution in [0.5, 0.6) is 17.2 Å². The van der Waals surface area contributed by atoms with Crippen LogP contribution in [0.25, 0.3) is 21.9 Å². The first kappa shape index (κ1) is 28.4. The van der Waals surface area contributed by atoms with Crippen molar-refractivity contribution in [3.05, 3.63) is 76.3 Å². The van der Waals surface area contributed by atoms with Gasteiger partial charge in [-0.05, 0) is 69.7 Å². The van der Waals surface area contributed by atoms with Crippen LogP contribution in [0.4, 0.5) is 5.69 Å². The van der Waals surface area contributed by atoms with Crippen LogP contribution in [0.1, 0.15) is 15.9 Å². The molecular weight excluding hydrogens is 584 g/mol. The largest absolute Gasteiger partial charge is 0.496 e. The first-order valence-electron chi connectivity index (χ1n) is 11.9. The monoisotopic (exact) mass is 612 g/mol. The van der Waals surface area contributed by atoms with Gasteiger partial charge in [-0.25, -0.2) is 12.7 Å². The molecule has 39 heavy (non-hydrogen) atoms. The number of hydrogen-bond acceptors (Lipinski definition) is 6. The van der Waals surface area contributed by atoms with Crippen LogP contribution in [-0.4, -0.2) is 54.1 Å². The van der Waals surface area contributed by atoms with Crippen LogP contribution >= 0.6 is 15.9 Å². The van der Waals surface area contributed by atoms with Crippen molar-refractivity contribution in [2.45, 2.75) is 11.8 Å². The number of methoxy groups -OCH3 is 3. The number of carbonyl (C=O) groups is 1. The first-order chi connectivity index (χ1) is 18.5. The zero-order valence-electron chi connectivity index (χ0n) is 22.5. The third-order valence-corrected chi connectivity index (χ3v) is 8.92. The summed E-state index contributed by atoms with van der Waals surface area (Å²) in [5.74, 6) is 1.08. The molecule has 0 atom stereocenters. The van der Waals surface area contributed by atoms with Gasteiger partial charge in [0.2, 0.25) is 10.0 Å². The van der Waals surface area contributed by atoms with Gasteiger partial charge >= 0.3 is 0 Å². The van der Waals surface area contributed by atoms with E-state index in [1.54, 1.807) is 43.5 Å². The summed E-state index contributed by atoms with van der Waals surface area (Å²) >= 11 is 3.48. The van der Waals surface area contributed by atoms with Gasteiger partial charge in [0.1, 0.15) is 5.75 Å². The molecule has 0 bridgehead atoms. The number of anilines is 1. The zero-order valence-corrected chi connectivity index (χ0v) is 24.9.